The van der Waals surface area contributed by atoms with Crippen LogP contribution < -0.4 is 4.74 Å². The van der Waals surface area contributed by atoms with E-state index >= 15 is 0 Å². The maximum Gasteiger partial charge on any atom is 0.124 e. The first-order chi connectivity index (χ1) is 10.2. The molecule has 1 unspecified atom stereocenters. The number of carbonyl (C=O) groups is 1. The van der Waals surface area contributed by atoms with Crippen LogP contribution in [0.3, 0.4) is 0 Å². The summed E-state index contributed by atoms with van der Waals surface area (Å²) in [5.74, 6) is 1.58. The number of methoxy groups -OCH3 is 1. The fourth-order valence-corrected chi connectivity index (χ4v) is 1.81. The molecule has 0 saturated carbocycles. The first-order valence-corrected chi connectivity index (χ1v) is 7.96. The lowest BCUT2D eigenvalue weighted by Gasteiger charge is -2.09. The van der Waals surface area contributed by atoms with Crippen molar-refractivity contribution in [3.63, 3.8) is 0 Å². The van der Waals surface area contributed by atoms with Gasteiger partial charge in [0, 0.05) is 6.42 Å². The lowest BCUT2D eigenvalue weighted by Crippen LogP contribution is -1.93. The molecule has 0 spiro atoms. The Bertz CT molecular complexity index is 404. The lowest BCUT2D eigenvalue weighted by molar-refractivity contribution is -0.107. The summed E-state index contributed by atoms with van der Waals surface area (Å²) in [5, 5.41) is 0. The molecule has 0 heterocycles. The van der Waals surface area contributed by atoms with Gasteiger partial charge >= 0.3 is 0 Å². The van der Waals surface area contributed by atoms with Crippen LogP contribution in [0, 0.1) is 0 Å². The van der Waals surface area contributed by atoms with E-state index in [1.807, 2.05) is 26.0 Å². The Kier molecular flexibility index (Phi) is 11.3. The van der Waals surface area contributed by atoms with E-state index in [1.165, 1.54) is 24.0 Å². The van der Waals surface area contributed by atoms with Crippen molar-refractivity contribution in [2.24, 2.45) is 0 Å². The zero-order valence-corrected chi connectivity index (χ0v) is 14.2. The summed E-state index contributed by atoms with van der Waals surface area (Å²) in [6, 6.07) is 8.29. The number of rotatable bonds is 5. The third kappa shape index (κ3) is 7.69. The van der Waals surface area contributed by atoms with Gasteiger partial charge in [0.25, 0.3) is 0 Å². The lowest BCUT2D eigenvalue weighted by atomic mass is 9.97. The molecule has 2 nitrogen and oxygen atoms in total. The van der Waals surface area contributed by atoms with Gasteiger partial charge in [-0.2, -0.15) is 0 Å². The normalized spacial score (nSPS) is 13.3. The molecule has 0 saturated heterocycles. The van der Waals surface area contributed by atoms with Gasteiger partial charge in [0.2, 0.25) is 0 Å². The van der Waals surface area contributed by atoms with Gasteiger partial charge in [-0.15, -0.1) is 0 Å². The molecule has 1 aromatic rings. The van der Waals surface area contributed by atoms with E-state index in [2.05, 4.69) is 32.1 Å². The monoisotopic (exact) mass is 290 g/mol. The second-order valence-corrected chi connectivity index (χ2v) is 4.85. The largest absolute Gasteiger partial charge is 0.497 e. The quantitative estimate of drug-likeness (QED) is 0.526. The Labute approximate surface area is 130 Å². The van der Waals surface area contributed by atoms with Gasteiger partial charge in [0.1, 0.15) is 12.0 Å². The van der Waals surface area contributed by atoms with Crippen LogP contribution in [0.2, 0.25) is 0 Å². The molecule has 0 aromatic heterocycles. The molecule has 2 heteroatoms. The molecule has 0 fully saturated rings. The molecule has 1 aliphatic rings. The van der Waals surface area contributed by atoms with Gasteiger partial charge in [-0.1, -0.05) is 51.5 Å². The number of ether oxygens (including phenoxy) is 1. The van der Waals surface area contributed by atoms with Crippen molar-refractivity contribution in [1.82, 2.24) is 0 Å². The van der Waals surface area contributed by atoms with Crippen LogP contribution in [0.1, 0.15) is 64.9 Å². The number of allylic oxidation sites excluding steroid dienone is 2. The Hall–Kier alpha value is -1.57. The molecule has 0 amide bonds. The summed E-state index contributed by atoms with van der Waals surface area (Å²) >= 11 is 0. The van der Waals surface area contributed by atoms with Gasteiger partial charge in [0.05, 0.1) is 7.11 Å². The van der Waals surface area contributed by atoms with Crippen LogP contribution >= 0.6 is 0 Å². The number of benzene rings is 1. The maximum absolute atomic E-state index is 9.77. The summed E-state index contributed by atoms with van der Waals surface area (Å²) < 4.78 is 5.08. The summed E-state index contributed by atoms with van der Waals surface area (Å²) in [5.41, 5.74) is 2.70. The van der Waals surface area contributed by atoms with E-state index in [-0.39, 0.29) is 0 Å². The Morgan fingerprint density at radius 1 is 1.24 bits per heavy atom. The van der Waals surface area contributed by atoms with Gasteiger partial charge in [0.15, 0.2) is 0 Å². The fourth-order valence-electron chi connectivity index (χ4n) is 1.81. The third-order valence-corrected chi connectivity index (χ3v) is 3.54. The van der Waals surface area contributed by atoms with E-state index in [0.29, 0.717) is 12.3 Å². The third-order valence-electron chi connectivity index (χ3n) is 3.54. The number of aldehydes is 1. The SMILES string of the molecule is CC.CCC(C)c1ccc(OC)cc1.O=CCC1=CCC1. The van der Waals surface area contributed by atoms with Gasteiger partial charge in [-0.05, 0) is 42.9 Å². The molecule has 1 aromatic carbocycles. The molecule has 0 radical (unpaired) electrons. The summed E-state index contributed by atoms with van der Waals surface area (Å²) in [6.07, 6.45) is 7.27. The van der Waals surface area contributed by atoms with Crippen LogP contribution in [0.5, 0.6) is 5.75 Å². The van der Waals surface area contributed by atoms with Crippen LogP contribution in [0.4, 0.5) is 0 Å². The minimum atomic E-state index is 0.649. The first kappa shape index (κ1) is 19.4. The van der Waals surface area contributed by atoms with Crippen LogP contribution in [-0.2, 0) is 4.79 Å². The van der Waals surface area contributed by atoms with Crippen molar-refractivity contribution in [2.75, 3.05) is 7.11 Å². The smallest absolute Gasteiger partial charge is 0.124 e. The van der Waals surface area contributed by atoms with Crippen molar-refractivity contribution in [3.8, 4) is 5.75 Å². The van der Waals surface area contributed by atoms with Crippen LogP contribution in [0.15, 0.2) is 35.9 Å². The van der Waals surface area contributed by atoms with E-state index in [9.17, 15) is 4.79 Å². The van der Waals surface area contributed by atoms with Gasteiger partial charge in [-0.3, -0.25) is 0 Å². The Morgan fingerprint density at radius 2 is 1.81 bits per heavy atom. The highest BCUT2D eigenvalue weighted by atomic mass is 16.5. The average Bonchev–Trinajstić information content (AvgIpc) is 2.53. The molecular weight excluding hydrogens is 260 g/mol. The molecule has 118 valence electrons. The molecular formula is C19H30O2. The van der Waals surface area contributed by atoms with Crippen molar-refractivity contribution >= 4 is 6.29 Å². The van der Waals surface area contributed by atoms with E-state index in [0.717, 1.165) is 18.5 Å². The topological polar surface area (TPSA) is 26.3 Å². The number of carbonyl (C=O) groups excluding carboxylic acids is 1. The highest BCUT2D eigenvalue weighted by molar-refractivity contribution is 5.55. The standard InChI is InChI=1S/C11H16O.C6H8O.C2H6/c1-4-9(2)10-5-7-11(12-3)8-6-10;7-5-4-6-2-1-3-6;1-2/h5-9H,4H2,1-3H3;2,5H,1,3-4H2;1-2H3. The number of hydrogen-bond donors (Lipinski definition) is 0. The van der Waals surface area contributed by atoms with E-state index in [4.69, 9.17) is 4.74 Å². The molecule has 1 aliphatic carbocycles. The van der Waals surface area contributed by atoms with Gasteiger partial charge < -0.3 is 9.53 Å². The van der Waals surface area contributed by atoms with Crippen molar-refractivity contribution < 1.29 is 9.53 Å². The Morgan fingerprint density at radius 3 is 2.10 bits per heavy atom. The maximum atomic E-state index is 9.77. The average molecular weight is 290 g/mol. The minimum Gasteiger partial charge on any atom is -0.497 e. The van der Waals surface area contributed by atoms with Crippen molar-refractivity contribution in [2.45, 2.75) is 59.3 Å². The molecule has 21 heavy (non-hydrogen) atoms. The second kappa shape index (κ2) is 12.2. The summed E-state index contributed by atoms with van der Waals surface area (Å²) in [6.45, 7) is 8.44. The number of hydrogen-bond acceptors (Lipinski definition) is 2. The first-order valence-electron chi connectivity index (χ1n) is 7.96. The van der Waals surface area contributed by atoms with Gasteiger partial charge in [-0.25, -0.2) is 0 Å². The van der Waals surface area contributed by atoms with E-state index in [1.54, 1.807) is 7.11 Å². The molecule has 0 bridgehead atoms. The van der Waals surface area contributed by atoms with Crippen molar-refractivity contribution in [1.29, 1.82) is 0 Å². The highest BCUT2D eigenvalue weighted by Crippen LogP contribution is 2.21. The Balaban J connectivity index is 0.000000377. The summed E-state index contributed by atoms with van der Waals surface area (Å²) in [7, 11) is 1.69. The predicted molar refractivity (Wildman–Crippen MR) is 91.0 cm³/mol. The predicted octanol–water partition coefficient (Wildman–Crippen LogP) is 5.53. The molecule has 1 atom stereocenters. The second-order valence-electron chi connectivity index (χ2n) is 4.85. The van der Waals surface area contributed by atoms with E-state index < -0.39 is 0 Å². The minimum absolute atomic E-state index is 0.649. The summed E-state index contributed by atoms with van der Waals surface area (Å²) in [4.78, 5) is 9.77. The fraction of sp³-hybridized carbons (Fsp3) is 0.526. The zero-order valence-electron chi connectivity index (χ0n) is 14.2. The molecule has 0 aliphatic heterocycles. The van der Waals surface area contributed by atoms with Crippen LogP contribution in [0.25, 0.3) is 0 Å². The molecule has 0 N–H and O–H groups in total. The molecule has 2 rings (SSSR count). The highest BCUT2D eigenvalue weighted by Gasteiger charge is 2.02. The van der Waals surface area contributed by atoms with Crippen LogP contribution in [-0.4, -0.2) is 13.4 Å². The van der Waals surface area contributed by atoms with Crippen molar-refractivity contribution in [3.05, 3.63) is 41.5 Å². The zero-order chi connectivity index (χ0) is 16.1.